The van der Waals surface area contributed by atoms with Crippen molar-refractivity contribution in [1.29, 1.82) is 0 Å². The first-order valence-corrected chi connectivity index (χ1v) is 9.30. The Morgan fingerprint density at radius 2 is 1.53 bits per heavy atom. The monoisotopic (exact) mass is 401 g/mol. The van der Waals surface area contributed by atoms with Crippen LogP contribution in [0.25, 0.3) is 0 Å². The first-order chi connectivity index (χ1) is 14.6. The highest BCUT2D eigenvalue weighted by Gasteiger charge is 2.12. The Bertz CT molecular complexity index is 1110. The lowest BCUT2D eigenvalue weighted by Crippen LogP contribution is -2.17. The number of ether oxygens (including phenoxy) is 2. The van der Waals surface area contributed by atoms with Gasteiger partial charge in [-0.3, -0.25) is 9.59 Å². The van der Waals surface area contributed by atoms with Crippen molar-refractivity contribution in [2.24, 2.45) is 5.10 Å². The van der Waals surface area contributed by atoms with Gasteiger partial charge in [0.05, 0.1) is 6.21 Å². The number of carbonyl (C=O) groups is 2. The standard InChI is InChI=1S/C23H19N3O4/c1-15-2-5-17(6-3-15)22(27)25-19-9-7-18(8-10-19)23(28)26-24-13-16-4-11-20-21(12-16)30-14-29-20/h2-13H,14H2,1H3,(H,25,27)(H,26,28)/b24-13+. The van der Waals surface area contributed by atoms with Crippen LogP contribution in [0.5, 0.6) is 11.5 Å². The quantitative estimate of drug-likeness (QED) is 0.504. The molecule has 3 aromatic rings. The van der Waals surface area contributed by atoms with Crippen LogP contribution in [0.4, 0.5) is 5.69 Å². The van der Waals surface area contributed by atoms with E-state index in [0.29, 0.717) is 28.3 Å². The van der Waals surface area contributed by atoms with E-state index in [2.05, 4.69) is 15.8 Å². The van der Waals surface area contributed by atoms with Crippen LogP contribution >= 0.6 is 0 Å². The van der Waals surface area contributed by atoms with Gasteiger partial charge < -0.3 is 14.8 Å². The molecule has 0 saturated carbocycles. The van der Waals surface area contributed by atoms with Crippen LogP contribution < -0.4 is 20.2 Å². The number of amides is 2. The molecule has 0 aliphatic carbocycles. The number of benzene rings is 3. The number of aryl methyl sites for hydroxylation is 1. The van der Waals surface area contributed by atoms with Gasteiger partial charge in [0.2, 0.25) is 6.79 Å². The molecular weight excluding hydrogens is 382 g/mol. The zero-order chi connectivity index (χ0) is 20.9. The molecule has 0 saturated heterocycles. The molecule has 1 aliphatic rings. The number of nitrogens with one attached hydrogen (secondary N) is 2. The van der Waals surface area contributed by atoms with Gasteiger partial charge in [0.25, 0.3) is 11.8 Å². The number of nitrogens with zero attached hydrogens (tertiary/aromatic N) is 1. The molecule has 0 spiro atoms. The second kappa shape index (κ2) is 8.48. The fourth-order valence-electron chi connectivity index (χ4n) is 2.84. The van der Waals surface area contributed by atoms with Crippen molar-refractivity contribution < 1.29 is 19.1 Å². The molecule has 30 heavy (non-hydrogen) atoms. The van der Waals surface area contributed by atoms with Gasteiger partial charge in [-0.25, -0.2) is 5.43 Å². The molecule has 0 atom stereocenters. The summed E-state index contributed by atoms with van der Waals surface area (Å²) in [6.07, 6.45) is 1.52. The van der Waals surface area contributed by atoms with Crippen LogP contribution in [-0.4, -0.2) is 24.8 Å². The number of hydrogen-bond donors (Lipinski definition) is 2. The van der Waals surface area contributed by atoms with Gasteiger partial charge in [-0.1, -0.05) is 17.7 Å². The van der Waals surface area contributed by atoms with E-state index in [9.17, 15) is 9.59 Å². The minimum Gasteiger partial charge on any atom is -0.454 e. The number of hydrazone groups is 1. The summed E-state index contributed by atoms with van der Waals surface area (Å²) >= 11 is 0. The van der Waals surface area contributed by atoms with Gasteiger partial charge >= 0.3 is 0 Å². The molecule has 1 aliphatic heterocycles. The third-order valence-electron chi connectivity index (χ3n) is 4.50. The van der Waals surface area contributed by atoms with Crippen LogP contribution in [0, 0.1) is 6.92 Å². The number of carbonyl (C=O) groups excluding carboxylic acids is 2. The van der Waals surface area contributed by atoms with E-state index >= 15 is 0 Å². The first-order valence-electron chi connectivity index (χ1n) is 9.30. The molecule has 3 aromatic carbocycles. The van der Waals surface area contributed by atoms with E-state index in [4.69, 9.17) is 9.47 Å². The molecule has 0 radical (unpaired) electrons. The fourth-order valence-corrected chi connectivity index (χ4v) is 2.84. The third-order valence-corrected chi connectivity index (χ3v) is 4.50. The number of rotatable bonds is 5. The summed E-state index contributed by atoms with van der Waals surface area (Å²) < 4.78 is 10.6. The summed E-state index contributed by atoms with van der Waals surface area (Å²) in [5.74, 6) is 0.767. The summed E-state index contributed by atoms with van der Waals surface area (Å²) in [5.41, 5.74) is 5.93. The van der Waals surface area contributed by atoms with Gasteiger partial charge in [-0.15, -0.1) is 0 Å². The lowest BCUT2D eigenvalue weighted by Gasteiger charge is -2.06. The molecule has 150 valence electrons. The lowest BCUT2D eigenvalue weighted by atomic mass is 10.1. The van der Waals surface area contributed by atoms with Gasteiger partial charge in [-0.05, 0) is 67.1 Å². The highest BCUT2D eigenvalue weighted by molar-refractivity contribution is 6.04. The minimum atomic E-state index is -0.358. The normalized spacial score (nSPS) is 12.0. The van der Waals surface area contributed by atoms with Crippen molar-refractivity contribution in [3.63, 3.8) is 0 Å². The largest absolute Gasteiger partial charge is 0.454 e. The highest BCUT2D eigenvalue weighted by Crippen LogP contribution is 2.31. The lowest BCUT2D eigenvalue weighted by molar-refractivity contribution is 0.0954. The number of hydrogen-bond acceptors (Lipinski definition) is 5. The van der Waals surface area contributed by atoms with Gasteiger partial charge in [-0.2, -0.15) is 5.10 Å². The van der Waals surface area contributed by atoms with Crippen LogP contribution in [0.1, 0.15) is 31.8 Å². The van der Waals surface area contributed by atoms with E-state index in [0.717, 1.165) is 11.1 Å². The summed E-state index contributed by atoms with van der Waals surface area (Å²) in [7, 11) is 0. The van der Waals surface area contributed by atoms with E-state index in [1.54, 1.807) is 48.5 Å². The van der Waals surface area contributed by atoms with Crippen molar-refractivity contribution >= 4 is 23.7 Å². The summed E-state index contributed by atoms with van der Waals surface area (Å²) in [4.78, 5) is 24.5. The smallest absolute Gasteiger partial charge is 0.271 e. The van der Waals surface area contributed by atoms with Crippen LogP contribution in [0.15, 0.2) is 71.8 Å². The summed E-state index contributed by atoms with van der Waals surface area (Å²) in [5, 5.41) is 6.78. The van der Waals surface area contributed by atoms with Crippen molar-refractivity contribution in [2.75, 3.05) is 12.1 Å². The Kier molecular flexibility index (Phi) is 5.43. The maximum Gasteiger partial charge on any atom is 0.271 e. The maximum atomic E-state index is 12.3. The summed E-state index contributed by atoms with van der Waals surface area (Å²) in [6, 6.07) is 19.3. The Morgan fingerprint density at radius 1 is 0.867 bits per heavy atom. The topological polar surface area (TPSA) is 89.0 Å². The molecule has 2 amide bonds. The maximum absolute atomic E-state index is 12.3. The third kappa shape index (κ3) is 4.47. The Hall–Kier alpha value is -4.13. The number of fused-ring (bicyclic) bond motifs is 1. The average molecular weight is 401 g/mol. The van der Waals surface area contributed by atoms with Crippen molar-refractivity contribution in [3.05, 3.63) is 89.0 Å². The van der Waals surface area contributed by atoms with Crippen LogP contribution in [-0.2, 0) is 0 Å². The Labute approximate surface area is 173 Å². The predicted octanol–water partition coefficient (Wildman–Crippen LogP) is 3.74. The van der Waals surface area contributed by atoms with E-state index in [-0.39, 0.29) is 18.6 Å². The molecule has 4 rings (SSSR count). The highest BCUT2D eigenvalue weighted by atomic mass is 16.7. The minimum absolute atomic E-state index is 0.203. The zero-order valence-electron chi connectivity index (χ0n) is 16.2. The Balaban J connectivity index is 1.33. The molecule has 2 N–H and O–H groups in total. The molecule has 7 nitrogen and oxygen atoms in total. The Morgan fingerprint density at radius 3 is 2.30 bits per heavy atom. The zero-order valence-corrected chi connectivity index (χ0v) is 16.2. The molecule has 0 fully saturated rings. The van der Waals surface area contributed by atoms with Crippen molar-refractivity contribution in [1.82, 2.24) is 5.43 Å². The molecule has 0 unspecified atom stereocenters. The van der Waals surface area contributed by atoms with Crippen LogP contribution in [0.3, 0.4) is 0 Å². The van der Waals surface area contributed by atoms with Gasteiger partial charge in [0.1, 0.15) is 0 Å². The molecule has 7 heteroatoms. The average Bonchev–Trinajstić information content (AvgIpc) is 3.22. The van der Waals surface area contributed by atoms with Gasteiger partial charge in [0, 0.05) is 16.8 Å². The van der Waals surface area contributed by atoms with Gasteiger partial charge in [0.15, 0.2) is 11.5 Å². The van der Waals surface area contributed by atoms with Crippen LogP contribution in [0.2, 0.25) is 0 Å². The second-order valence-electron chi connectivity index (χ2n) is 6.71. The molecule has 0 aromatic heterocycles. The van der Waals surface area contributed by atoms with Crippen molar-refractivity contribution in [2.45, 2.75) is 6.92 Å². The fraction of sp³-hybridized carbons (Fsp3) is 0.0870. The SMILES string of the molecule is Cc1ccc(C(=O)Nc2ccc(C(=O)N/N=C/c3ccc4c(c3)OCO4)cc2)cc1. The first kappa shape index (κ1) is 19.2. The van der Waals surface area contributed by atoms with E-state index in [1.807, 2.05) is 25.1 Å². The summed E-state index contributed by atoms with van der Waals surface area (Å²) in [6.45, 7) is 2.17. The van der Waals surface area contributed by atoms with E-state index < -0.39 is 0 Å². The van der Waals surface area contributed by atoms with E-state index in [1.165, 1.54) is 6.21 Å². The van der Waals surface area contributed by atoms with Crippen molar-refractivity contribution in [3.8, 4) is 11.5 Å². The predicted molar refractivity (Wildman–Crippen MR) is 113 cm³/mol. The molecule has 0 bridgehead atoms. The second-order valence-corrected chi connectivity index (χ2v) is 6.71. The number of anilines is 1. The molecular formula is C23H19N3O4. The molecule has 1 heterocycles.